The van der Waals surface area contributed by atoms with Crippen LogP contribution in [0.15, 0.2) is 35.5 Å². The topological polar surface area (TPSA) is 96.8 Å². The van der Waals surface area contributed by atoms with Gasteiger partial charge in [0.05, 0.1) is 12.2 Å². The summed E-state index contributed by atoms with van der Waals surface area (Å²) in [6, 6.07) is 5.37. The summed E-state index contributed by atoms with van der Waals surface area (Å²) >= 11 is 0. The van der Waals surface area contributed by atoms with Crippen LogP contribution in [0.1, 0.15) is 49.2 Å². The molecular formula is C23H33N5O4S. The highest BCUT2D eigenvalue weighted by molar-refractivity contribution is 7.89. The van der Waals surface area contributed by atoms with Gasteiger partial charge in [-0.15, -0.1) is 0 Å². The number of sulfonamides is 1. The Morgan fingerprint density at radius 2 is 1.85 bits per heavy atom. The number of nitrogens with zero attached hydrogens (tertiary/aromatic N) is 4. The molecule has 0 radical (unpaired) electrons. The number of aromatic nitrogens is 2. The Labute approximate surface area is 195 Å². The molecule has 2 fully saturated rings. The standard InChI is InChI=1S/C23H33N5O4S/c1-17-14-27(15-18(2)32-17)22-8-7-19(12-24-22)13-25-23(29)21-11-20(16-26(21)3)33(30,31)28-9-5-4-6-10-28/h7-8,11-12,16-18H,4-6,9-10,13-15H2,1-3H3,(H,25,29). The highest BCUT2D eigenvalue weighted by Gasteiger charge is 2.28. The van der Waals surface area contributed by atoms with Gasteiger partial charge in [0.2, 0.25) is 10.0 Å². The second-order valence-electron chi connectivity index (χ2n) is 9.01. The zero-order chi connectivity index (χ0) is 23.6. The largest absolute Gasteiger partial charge is 0.372 e. The summed E-state index contributed by atoms with van der Waals surface area (Å²) in [5, 5.41) is 2.87. The summed E-state index contributed by atoms with van der Waals surface area (Å²) in [5.41, 5.74) is 1.18. The molecule has 4 heterocycles. The molecule has 0 spiro atoms. The Balaban J connectivity index is 1.38. The first-order valence-corrected chi connectivity index (χ1v) is 13.0. The van der Waals surface area contributed by atoms with E-state index in [9.17, 15) is 13.2 Å². The summed E-state index contributed by atoms with van der Waals surface area (Å²) in [6.45, 7) is 7.07. The molecule has 2 aromatic rings. The zero-order valence-electron chi connectivity index (χ0n) is 19.5. The number of carbonyl (C=O) groups is 1. The van der Waals surface area contributed by atoms with E-state index in [-0.39, 0.29) is 23.0 Å². The monoisotopic (exact) mass is 475 g/mol. The van der Waals surface area contributed by atoms with Crippen molar-refractivity contribution in [2.45, 2.75) is 56.8 Å². The van der Waals surface area contributed by atoms with Crippen LogP contribution in [-0.2, 0) is 28.4 Å². The minimum Gasteiger partial charge on any atom is -0.372 e. The number of aryl methyl sites for hydroxylation is 1. The van der Waals surface area contributed by atoms with Crippen LogP contribution in [0, 0.1) is 0 Å². The SMILES string of the molecule is CC1CN(c2ccc(CNC(=O)c3cc(S(=O)(=O)N4CCCCC4)cn3C)cn2)CC(C)O1. The lowest BCUT2D eigenvalue weighted by molar-refractivity contribution is -0.00546. The third kappa shape index (κ3) is 5.39. The van der Waals surface area contributed by atoms with Crippen LogP contribution in [-0.4, -0.2) is 66.6 Å². The molecule has 0 bridgehead atoms. The summed E-state index contributed by atoms with van der Waals surface area (Å²) in [6.07, 6.45) is 6.38. The van der Waals surface area contributed by atoms with E-state index in [4.69, 9.17) is 4.74 Å². The predicted octanol–water partition coefficient (Wildman–Crippen LogP) is 2.14. The molecule has 4 rings (SSSR count). The molecule has 2 aliphatic rings. The molecule has 2 unspecified atom stereocenters. The zero-order valence-corrected chi connectivity index (χ0v) is 20.3. The lowest BCUT2D eigenvalue weighted by atomic mass is 10.2. The Morgan fingerprint density at radius 3 is 2.48 bits per heavy atom. The van der Waals surface area contributed by atoms with Gasteiger partial charge in [0.1, 0.15) is 16.4 Å². The number of hydrogen-bond acceptors (Lipinski definition) is 6. The lowest BCUT2D eigenvalue weighted by Gasteiger charge is -2.36. The van der Waals surface area contributed by atoms with Crippen molar-refractivity contribution < 1.29 is 17.9 Å². The van der Waals surface area contributed by atoms with Crippen LogP contribution in [0.2, 0.25) is 0 Å². The minimum absolute atomic E-state index is 0.156. The third-order valence-electron chi connectivity index (χ3n) is 6.17. The number of rotatable bonds is 6. The van der Waals surface area contributed by atoms with Gasteiger partial charge in [0.25, 0.3) is 5.91 Å². The second kappa shape index (κ2) is 9.82. The van der Waals surface area contributed by atoms with Crippen LogP contribution >= 0.6 is 0 Å². The van der Waals surface area contributed by atoms with E-state index >= 15 is 0 Å². The van der Waals surface area contributed by atoms with Gasteiger partial charge < -0.3 is 19.5 Å². The maximum Gasteiger partial charge on any atom is 0.268 e. The smallest absolute Gasteiger partial charge is 0.268 e. The van der Waals surface area contributed by atoms with Crippen molar-refractivity contribution in [1.82, 2.24) is 19.2 Å². The van der Waals surface area contributed by atoms with Crippen molar-refractivity contribution in [3.05, 3.63) is 41.9 Å². The fourth-order valence-electron chi connectivity index (χ4n) is 4.50. The van der Waals surface area contributed by atoms with Crippen LogP contribution in [0.5, 0.6) is 0 Å². The highest BCUT2D eigenvalue weighted by Crippen LogP contribution is 2.22. The van der Waals surface area contributed by atoms with Gasteiger partial charge in [-0.3, -0.25) is 4.79 Å². The number of anilines is 1. The molecule has 10 heteroatoms. The summed E-state index contributed by atoms with van der Waals surface area (Å²) in [7, 11) is -1.89. The third-order valence-corrected chi connectivity index (χ3v) is 8.04. The molecule has 180 valence electrons. The van der Waals surface area contributed by atoms with Gasteiger partial charge in [-0.2, -0.15) is 4.31 Å². The maximum absolute atomic E-state index is 12.9. The van der Waals surface area contributed by atoms with E-state index in [0.717, 1.165) is 43.7 Å². The van der Waals surface area contributed by atoms with E-state index in [1.54, 1.807) is 17.8 Å². The first kappa shape index (κ1) is 23.7. The molecule has 9 nitrogen and oxygen atoms in total. The lowest BCUT2D eigenvalue weighted by Crippen LogP contribution is -2.45. The van der Waals surface area contributed by atoms with E-state index in [1.807, 2.05) is 12.1 Å². The van der Waals surface area contributed by atoms with Crippen molar-refractivity contribution in [2.75, 3.05) is 31.1 Å². The quantitative estimate of drug-likeness (QED) is 0.688. The molecule has 2 atom stereocenters. The van der Waals surface area contributed by atoms with Crippen molar-refractivity contribution in [3.8, 4) is 0 Å². The average molecular weight is 476 g/mol. The minimum atomic E-state index is -3.58. The maximum atomic E-state index is 12.9. The first-order chi connectivity index (χ1) is 15.7. The Hall–Kier alpha value is -2.43. The number of amides is 1. The van der Waals surface area contributed by atoms with Crippen LogP contribution in [0.25, 0.3) is 0 Å². The van der Waals surface area contributed by atoms with Gasteiger partial charge in [-0.05, 0) is 44.4 Å². The van der Waals surface area contributed by atoms with Crippen molar-refractivity contribution in [3.63, 3.8) is 0 Å². The first-order valence-electron chi connectivity index (χ1n) is 11.5. The van der Waals surface area contributed by atoms with Crippen molar-refractivity contribution in [1.29, 1.82) is 0 Å². The highest BCUT2D eigenvalue weighted by atomic mass is 32.2. The molecule has 2 aromatic heterocycles. The van der Waals surface area contributed by atoms with Gasteiger partial charge in [0.15, 0.2) is 0 Å². The van der Waals surface area contributed by atoms with Crippen molar-refractivity contribution >= 4 is 21.7 Å². The second-order valence-corrected chi connectivity index (χ2v) is 10.9. The van der Waals surface area contributed by atoms with E-state index in [2.05, 4.69) is 29.0 Å². The van der Waals surface area contributed by atoms with Gasteiger partial charge >= 0.3 is 0 Å². The molecule has 0 saturated carbocycles. The van der Waals surface area contributed by atoms with Crippen LogP contribution < -0.4 is 10.2 Å². The molecule has 2 aliphatic heterocycles. The Morgan fingerprint density at radius 1 is 1.15 bits per heavy atom. The van der Waals surface area contributed by atoms with Crippen LogP contribution in [0.3, 0.4) is 0 Å². The molecule has 1 N–H and O–H groups in total. The fourth-order valence-corrected chi connectivity index (χ4v) is 6.09. The number of pyridine rings is 1. The van der Waals surface area contributed by atoms with Gasteiger partial charge in [-0.25, -0.2) is 13.4 Å². The molecule has 0 aromatic carbocycles. The summed E-state index contributed by atoms with van der Waals surface area (Å²) in [4.78, 5) is 19.7. The summed E-state index contributed by atoms with van der Waals surface area (Å²) in [5.74, 6) is 0.569. The van der Waals surface area contributed by atoms with Crippen molar-refractivity contribution in [2.24, 2.45) is 7.05 Å². The summed E-state index contributed by atoms with van der Waals surface area (Å²) < 4.78 is 34.7. The number of nitrogens with one attached hydrogen (secondary N) is 1. The number of ether oxygens (including phenoxy) is 1. The molecule has 0 aliphatic carbocycles. The van der Waals surface area contributed by atoms with Gasteiger partial charge in [0, 0.05) is 52.2 Å². The van der Waals surface area contributed by atoms with E-state index < -0.39 is 10.0 Å². The van der Waals surface area contributed by atoms with E-state index in [1.165, 1.54) is 16.6 Å². The van der Waals surface area contributed by atoms with Gasteiger partial charge in [-0.1, -0.05) is 12.5 Å². The molecule has 1 amide bonds. The molecular weight excluding hydrogens is 442 g/mol. The normalized spacial score (nSPS) is 22.3. The average Bonchev–Trinajstić information content (AvgIpc) is 3.20. The Kier molecular flexibility index (Phi) is 7.06. The number of piperidine rings is 1. The number of hydrogen-bond donors (Lipinski definition) is 1. The fraction of sp³-hybridized carbons (Fsp3) is 0.565. The van der Waals surface area contributed by atoms with Crippen LogP contribution in [0.4, 0.5) is 5.82 Å². The molecule has 2 saturated heterocycles. The molecule has 33 heavy (non-hydrogen) atoms. The predicted molar refractivity (Wildman–Crippen MR) is 126 cm³/mol. The van der Waals surface area contributed by atoms with E-state index in [0.29, 0.717) is 25.3 Å². The number of carbonyl (C=O) groups excluding carboxylic acids is 1. The Bertz CT molecular complexity index is 1070. The number of morpholine rings is 1.